The summed E-state index contributed by atoms with van der Waals surface area (Å²) in [4.78, 5) is 26.3. The Kier molecular flexibility index (Phi) is 3.97. The number of benzene rings is 1. The molecule has 0 aromatic heterocycles. The molecule has 5 nitrogen and oxygen atoms in total. The molecule has 1 aromatic carbocycles. The van der Waals surface area contributed by atoms with Crippen molar-refractivity contribution in [3.05, 3.63) is 33.4 Å². The van der Waals surface area contributed by atoms with Gasteiger partial charge in [-0.3, -0.25) is 4.79 Å². The summed E-state index contributed by atoms with van der Waals surface area (Å²) in [5, 5.41) is 5.31. The number of carbonyl (C=O) groups excluding carboxylic acids is 2. The topological polar surface area (TPSA) is 53.0 Å². The quantitative estimate of drug-likeness (QED) is 0.438. The zero-order valence-electron chi connectivity index (χ0n) is 11.8. The predicted molar refractivity (Wildman–Crippen MR) is 88.0 cm³/mol. The van der Waals surface area contributed by atoms with Gasteiger partial charge in [0.1, 0.15) is 6.04 Å². The molecule has 110 valence electrons. The third kappa shape index (κ3) is 2.68. The Morgan fingerprint density at radius 2 is 1.95 bits per heavy atom. The standard InChI is InChI=1S/C15H16IN3O2/c1-10(11-5-7-12(16)8-6-11)17-19-14(20)13-4-2-3-9-18(13)15(19)21/h5-8,13H,2-4,9H2,1H3/b17-10+/t13-/m0/s1. The van der Waals surface area contributed by atoms with E-state index in [1.807, 2.05) is 31.2 Å². The van der Waals surface area contributed by atoms with Gasteiger partial charge in [-0.2, -0.15) is 5.10 Å². The summed E-state index contributed by atoms with van der Waals surface area (Å²) in [5.41, 5.74) is 1.59. The summed E-state index contributed by atoms with van der Waals surface area (Å²) in [6, 6.07) is 7.25. The zero-order chi connectivity index (χ0) is 15.0. The van der Waals surface area contributed by atoms with Crippen molar-refractivity contribution < 1.29 is 9.59 Å². The van der Waals surface area contributed by atoms with E-state index < -0.39 is 0 Å². The summed E-state index contributed by atoms with van der Waals surface area (Å²) in [6.07, 6.45) is 2.70. The molecule has 0 unspecified atom stereocenters. The van der Waals surface area contributed by atoms with Crippen LogP contribution in [0.4, 0.5) is 4.79 Å². The van der Waals surface area contributed by atoms with Crippen molar-refractivity contribution in [2.75, 3.05) is 6.54 Å². The largest absolute Gasteiger partial charge is 0.348 e. The lowest BCUT2D eigenvalue weighted by Gasteiger charge is -2.25. The van der Waals surface area contributed by atoms with Gasteiger partial charge in [0.05, 0.1) is 5.71 Å². The number of halogens is 1. The highest BCUT2D eigenvalue weighted by Gasteiger charge is 2.46. The van der Waals surface area contributed by atoms with Crippen LogP contribution >= 0.6 is 22.6 Å². The summed E-state index contributed by atoms with van der Waals surface area (Å²) in [7, 11) is 0. The van der Waals surface area contributed by atoms with Crippen molar-refractivity contribution in [3.8, 4) is 0 Å². The second-order valence-electron chi connectivity index (χ2n) is 5.33. The first-order valence-electron chi connectivity index (χ1n) is 7.03. The van der Waals surface area contributed by atoms with E-state index in [0.717, 1.165) is 33.4 Å². The summed E-state index contributed by atoms with van der Waals surface area (Å²) >= 11 is 2.23. The minimum Gasteiger partial charge on any atom is -0.311 e. The molecule has 2 aliphatic heterocycles. The van der Waals surface area contributed by atoms with Crippen LogP contribution in [0.1, 0.15) is 31.7 Å². The molecule has 3 amide bonds. The van der Waals surface area contributed by atoms with Crippen LogP contribution in [-0.2, 0) is 4.79 Å². The molecule has 0 radical (unpaired) electrons. The van der Waals surface area contributed by atoms with Crippen LogP contribution in [0, 0.1) is 3.57 Å². The fourth-order valence-corrected chi connectivity index (χ4v) is 3.12. The monoisotopic (exact) mass is 397 g/mol. The lowest BCUT2D eigenvalue weighted by molar-refractivity contribution is -0.128. The van der Waals surface area contributed by atoms with E-state index in [9.17, 15) is 9.59 Å². The fraction of sp³-hybridized carbons (Fsp3) is 0.400. The Morgan fingerprint density at radius 1 is 1.24 bits per heavy atom. The van der Waals surface area contributed by atoms with Gasteiger partial charge >= 0.3 is 6.03 Å². The average molecular weight is 397 g/mol. The maximum atomic E-state index is 12.3. The van der Waals surface area contributed by atoms with E-state index in [-0.39, 0.29) is 18.0 Å². The van der Waals surface area contributed by atoms with Crippen LogP contribution in [0.5, 0.6) is 0 Å². The Hall–Kier alpha value is -1.44. The Bertz CT molecular complexity index is 588. The molecule has 2 aliphatic rings. The minimum atomic E-state index is -0.306. The highest BCUT2D eigenvalue weighted by molar-refractivity contribution is 14.1. The minimum absolute atomic E-state index is 0.190. The lowest BCUT2D eigenvalue weighted by atomic mass is 10.0. The van der Waals surface area contributed by atoms with Gasteiger partial charge in [0.15, 0.2) is 0 Å². The Balaban J connectivity index is 1.86. The summed E-state index contributed by atoms with van der Waals surface area (Å²) in [6.45, 7) is 2.48. The molecule has 0 spiro atoms. The summed E-state index contributed by atoms with van der Waals surface area (Å²) < 4.78 is 1.13. The van der Waals surface area contributed by atoms with Crippen molar-refractivity contribution >= 4 is 40.2 Å². The highest BCUT2D eigenvalue weighted by Crippen LogP contribution is 2.27. The second kappa shape index (κ2) is 5.75. The Labute approximate surface area is 137 Å². The van der Waals surface area contributed by atoms with E-state index in [1.54, 1.807) is 4.90 Å². The molecule has 0 aliphatic carbocycles. The van der Waals surface area contributed by atoms with E-state index in [0.29, 0.717) is 12.3 Å². The molecular formula is C15H16IN3O2. The van der Waals surface area contributed by atoms with Crippen LogP contribution in [0.15, 0.2) is 29.4 Å². The first-order valence-corrected chi connectivity index (χ1v) is 8.11. The number of hydrazone groups is 1. The third-order valence-electron chi connectivity index (χ3n) is 3.94. The number of amides is 3. The van der Waals surface area contributed by atoms with Gasteiger partial charge in [-0.25, -0.2) is 4.79 Å². The van der Waals surface area contributed by atoms with Crippen LogP contribution in [0.25, 0.3) is 0 Å². The first kappa shape index (κ1) is 14.5. The molecule has 1 aromatic rings. The van der Waals surface area contributed by atoms with Crippen molar-refractivity contribution in [2.45, 2.75) is 32.2 Å². The van der Waals surface area contributed by atoms with E-state index in [2.05, 4.69) is 27.7 Å². The number of hydrogen-bond acceptors (Lipinski definition) is 3. The molecular weight excluding hydrogens is 381 g/mol. The Morgan fingerprint density at radius 3 is 2.62 bits per heavy atom. The van der Waals surface area contributed by atoms with E-state index in [1.165, 1.54) is 0 Å². The van der Waals surface area contributed by atoms with Crippen LogP contribution in [-0.4, -0.2) is 40.1 Å². The number of carbonyl (C=O) groups is 2. The fourth-order valence-electron chi connectivity index (χ4n) is 2.77. The molecule has 2 saturated heterocycles. The average Bonchev–Trinajstić information content (AvgIpc) is 2.73. The smallest absolute Gasteiger partial charge is 0.311 e. The zero-order valence-corrected chi connectivity index (χ0v) is 13.9. The number of imide groups is 1. The van der Waals surface area contributed by atoms with Crippen molar-refractivity contribution in [1.29, 1.82) is 0 Å². The number of nitrogens with zero attached hydrogens (tertiary/aromatic N) is 3. The normalized spacial score (nSPS) is 22.8. The third-order valence-corrected chi connectivity index (χ3v) is 4.65. The predicted octanol–water partition coefficient (Wildman–Crippen LogP) is 2.83. The molecule has 0 N–H and O–H groups in total. The lowest BCUT2D eigenvalue weighted by Crippen LogP contribution is -2.38. The van der Waals surface area contributed by atoms with Crippen molar-refractivity contribution in [3.63, 3.8) is 0 Å². The molecule has 1 atom stereocenters. The number of hydrogen-bond donors (Lipinski definition) is 0. The highest BCUT2D eigenvalue weighted by atomic mass is 127. The SMILES string of the molecule is C/C(=N\N1C(=O)[C@@H]2CCCCN2C1=O)c1ccc(I)cc1. The number of rotatable bonds is 2. The van der Waals surface area contributed by atoms with Gasteiger partial charge < -0.3 is 4.90 Å². The van der Waals surface area contributed by atoms with Gasteiger partial charge in [-0.05, 0) is 66.5 Å². The molecule has 6 heteroatoms. The van der Waals surface area contributed by atoms with Crippen LogP contribution < -0.4 is 0 Å². The van der Waals surface area contributed by atoms with Crippen LogP contribution in [0.3, 0.4) is 0 Å². The van der Waals surface area contributed by atoms with Gasteiger partial charge in [-0.1, -0.05) is 12.1 Å². The molecule has 0 bridgehead atoms. The van der Waals surface area contributed by atoms with E-state index >= 15 is 0 Å². The van der Waals surface area contributed by atoms with Gasteiger partial charge in [-0.15, -0.1) is 5.01 Å². The number of piperidine rings is 1. The number of urea groups is 1. The number of fused-ring (bicyclic) bond motifs is 1. The first-order chi connectivity index (χ1) is 10.1. The summed E-state index contributed by atoms with van der Waals surface area (Å²) in [5.74, 6) is -0.190. The molecule has 2 fully saturated rings. The molecule has 3 rings (SSSR count). The molecule has 2 heterocycles. The molecule has 0 saturated carbocycles. The van der Waals surface area contributed by atoms with Gasteiger partial charge in [0.2, 0.25) is 0 Å². The molecule has 21 heavy (non-hydrogen) atoms. The van der Waals surface area contributed by atoms with Gasteiger partial charge in [0, 0.05) is 10.1 Å². The van der Waals surface area contributed by atoms with Crippen molar-refractivity contribution in [1.82, 2.24) is 9.91 Å². The van der Waals surface area contributed by atoms with E-state index in [4.69, 9.17) is 0 Å². The van der Waals surface area contributed by atoms with Crippen LogP contribution in [0.2, 0.25) is 0 Å². The second-order valence-corrected chi connectivity index (χ2v) is 6.58. The maximum Gasteiger partial charge on any atom is 0.348 e. The van der Waals surface area contributed by atoms with Gasteiger partial charge in [0.25, 0.3) is 5.91 Å². The van der Waals surface area contributed by atoms with Crippen molar-refractivity contribution in [2.24, 2.45) is 5.10 Å². The maximum absolute atomic E-state index is 12.3.